The predicted molar refractivity (Wildman–Crippen MR) is 125 cm³/mol. The molecule has 0 aromatic heterocycles. The lowest BCUT2D eigenvalue weighted by atomic mass is 10.1. The van der Waals surface area contributed by atoms with Crippen molar-refractivity contribution < 1.29 is 9.13 Å². The van der Waals surface area contributed by atoms with Gasteiger partial charge in [0.05, 0.1) is 12.8 Å². The minimum Gasteiger partial charge on any atom is -0.494 e. The summed E-state index contributed by atoms with van der Waals surface area (Å²) >= 11 is 0. The standard InChI is InChI=1S/C24H26FN5O3/c1-33-20-15-16(25)7-8-19(20)29-13-11-28(12-14-29)9-4-10-30-22-21(26-27-30)23(31)17-5-2-3-6-18(17)24(22)32/h2-3,5-8,15,26-27H,4,9-14H2,1H3. The maximum Gasteiger partial charge on any atom is 0.214 e. The van der Waals surface area contributed by atoms with Crippen LogP contribution in [0.4, 0.5) is 10.1 Å². The van der Waals surface area contributed by atoms with E-state index in [1.165, 1.54) is 12.1 Å². The molecule has 33 heavy (non-hydrogen) atoms. The van der Waals surface area contributed by atoms with Crippen molar-refractivity contribution in [3.8, 4) is 5.75 Å². The first-order valence-electron chi connectivity index (χ1n) is 11.1. The Morgan fingerprint density at radius 2 is 1.70 bits per heavy atom. The Kier molecular flexibility index (Phi) is 5.63. The molecule has 2 aliphatic heterocycles. The fourth-order valence-corrected chi connectivity index (χ4v) is 4.66. The lowest BCUT2D eigenvalue weighted by Crippen LogP contribution is -2.46. The van der Waals surface area contributed by atoms with Gasteiger partial charge in [0.15, 0.2) is 0 Å². The van der Waals surface area contributed by atoms with Crippen LogP contribution in [-0.4, -0.2) is 59.7 Å². The summed E-state index contributed by atoms with van der Waals surface area (Å²) in [4.78, 5) is 30.3. The Hall–Kier alpha value is -3.59. The molecule has 2 aromatic rings. The maximum absolute atomic E-state index is 13.5. The number of methoxy groups -OCH3 is 1. The molecule has 172 valence electrons. The zero-order valence-corrected chi connectivity index (χ0v) is 18.4. The van der Waals surface area contributed by atoms with Crippen molar-refractivity contribution in [1.82, 2.24) is 19.9 Å². The molecule has 2 aromatic carbocycles. The van der Waals surface area contributed by atoms with E-state index in [0.29, 0.717) is 33.8 Å². The quantitative estimate of drug-likeness (QED) is 0.469. The van der Waals surface area contributed by atoms with Gasteiger partial charge in [0.2, 0.25) is 10.9 Å². The van der Waals surface area contributed by atoms with Gasteiger partial charge in [-0.3, -0.25) is 24.3 Å². The van der Waals surface area contributed by atoms with Crippen molar-refractivity contribution in [2.24, 2.45) is 0 Å². The van der Waals surface area contributed by atoms with Crippen LogP contribution in [0.1, 0.15) is 6.42 Å². The topological polar surface area (TPSA) is 86.4 Å². The number of nitrogens with one attached hydrogen (secondary N) is 2. The molecule has 0 bridgehead atoms. The molecule has 1 fully saturated rings. The number of anilines is 1. The molecule has 0 spiro atoms. The molecule has 0 amide bonds. The molecule has 0 unspecified atom stereocenters. The second-order valence-electron chi connectivity index (χ2n) is 8.31. The van der Waals surface area contributed by atoms with Gasteiger partial charge in [0.1, 0.15) is 22.3 Å². The van der Waals surface area contributed by atoms with E-state index in [1.54, 1.807) is 42.1 Å². The zero-order chi connectivity index (χ0) is 22.9. The smallest absolute Gasteiger partial charge is 0.214 e. The number of nitrogens with zero attached hydrogens (tertiary/aromatic N) is 3. The summed E-state index contributed by atoms with van der Waals surface area (Å²) in [5, 5.41) is 7.46. The number of halogens is 1. The van der Waals surface area contributed by atoms with Crippen LogP contribution in [0.3, 0.4) is 0 Å². The van der Waals surface area contributed by atoms with Crippen molar-refractivity contribution in [3.63, 3.8) is 0 Å². The van der Waals surface area contributed by atoms with E-state index in [2.05, 4.69) is 20.1 Å². The average Bonchev–Trinajstić information content (AvgIpc) is 3.27. The first-order chi connectivity index (χ1) is 16.1. The lowest BCUT2D eigenvalue weighted by molar-refractivity contribution is 0.247. The van der Waals surface area contributed by atoms with E-state index in [1.807, 2.05) is 0 Å². The number of piperazine rings is 1. The molecule has 3 aliphatic rings. The number of H-pyrrole nitrogens is 2. The predicted octanol–water partition coefficient (Wildman–Crippen LogP) is 2.10. The van der Waals surface area contributed by atoms with E-state index in [9.17, 15) is 14.0 Å². The third-order valence-electron chi connectivity index (χ3n) is 6.39. The third-order valence-corrected chi connectivity index (χ3v) is 6.39. The number of aromatic amines is 2. The Bertz CT molecular complexity index is 1470. The van der Waals surface area contributed by atoms with Crippen LogP contribution in [0, 0.1) is 16.5 Å². The number of hydrogen-bond acceptors (Lipinski definition) is 5. The molecule has 2 N–H and O–H groups in total. The normalized spacial score (nSPS) is 14.9. The van der Waals surface area contributed by atoms with Crippen LogP contribution in [0.5, 0.6) is 5.75 Å². The van der Waals surface area contributed by atoms with Gasteiger partial charge in [-0.1, -0.05) is 24.3 Å². The van der Waals surface area contributed by atoms with Gasteiger partial charge in [-0.05, 0) is 18.6 Å². The summed E-state index contributed by atoms with van der Waals surface area (Å²) in [5.41, 5.74) is 0.605. The molecule has 2 heterocycles. The van der Waals surface area contributed by atoms with Crippen molar-refractivity contribution >= 4 is 16.5 Å². The summed E-state index contributed by atoms with van der Waals surface area (Å²) < 4.78 is 20.6. The Balaban J connectivity index is 1.24. The van der Waals surface area contributed by atoms with Gasteiger partial charge in [-0.25, -0.2) is 9.60 Å². The highest BCUT2D eigenvalue weighted by molar-refractivity contribution is 5.81. The van der Waals surface area contributed by atoms with Crippen LogP contribution in [0.15, 0.2) is 52.1 Å². The SMILES string of the molecule is COc1cc(F)ccc1N1CCN(CCCn2[nH][nH]c3c(=O)c4ccccc4c(=O)c2=3)CC1. The highest BCUT2D eigenvalue weighted by Gasteiger charge is 2.20. The molecule has 1 saturated heterocycles. The second kappa shape index (κ2) is 8.74. The molecular formula is C24H26FN5O3. The minimum absolute atomic E-state index is 0.139. The Morgan fingerprint density at radius 1 is 0.970 bits per heavy atom. The molecule has 9 heteroatoms. The number of aromatic nitrogens is 3. The summed E-state index contributed by atoms with van der Waals surface area (Å²) in [6, 6.07) is 11.6. The highest BCUT2D eigenvalue weighted by Crippen LogP contribution is 2.29. The Morgan fingerprint density at radius 3 is 2.42 bits per heavy atom. The van der Waals surface area contributed by atoms with E-state index >= 15 is 0 Å². The van der Waals surface area contributed by atoms with Crippen LogP contribution in [-0.2, 0) is 6.54 Å². The Labute approximate surface area is 188 Å². The van der Waals surface area contributed by atoms with Gasteiger partial charge in [0, 0.05) is 56.1 Å². The summed E-state index contributed by atoms with van der Waals surface area (Å²) in [6.07, 6.45) is 0.828. The minimum atomic E-state index is -0.306. The van der Waals surface area contributed by atoms with Crippen molar-refractivity contribution in [2.45, 2.75) is 13.0 Å². The first-order valence-corrected chi connectivity index (χ1v) is 11.1. The number of aryl methyl sites for hydroxylation is 1. The first kappa shape index (κ1) is 21.3. The van der Waals surface area contributed by atoms with Gasteiger partial charge in [0.25, 0.3) is 0 Å². The zero-order valence-electron chi connectivity index (χ0n) is 18.4. The summed E-state index contributed by atoms with van der Waals surface area (Å²) in [7, 11) is 1.56. The third kappa shape index (κ3) is 3.89. The van der Waals surface area contributed by atoms with Crippen LogP contribution >= 0.6 is 0 Å². The number of fused-ring (bicyclic) bond motifs is 1. The van der Waals surface area contributed by atoms with Crippen LogP contribution in [0.2, 0.25) is 0 Å². The summed E-state index contributed by atoms with van der Waals surface area (Å²) in [5.74, 6) is 0.243. The molecule has 0 atom stereocenters. The summed E-state index contributed by atoms with van der Waals surface area (Å²) in [6.45, 7) is 4.87. The van der Waals surface area contributed by atoms with Crippen molar-refractivity contribution in [2.75, 3.05) is 44.7 Å². The largest absolute Gasteiger partial charge is 0.494 e. The molecule has 1 aliphatic carbocycles. The van der Waals surface area contributed by atoms with Gasteiger partial charge < -0.3 is 9.64 Å². The van der Waals surface area contributed by atoms with Crippen LogP contribution in [0.25, 0.3) is 10.8 Å². The number of benzene rings is 2. The molecule has 5 rings (SSSR count). The monoisotopic (exact) mass is 451 g/mol. The van der Waals surface area contributed by atoms with Gasteiger partial charge >= 0.3 is 0 Å². The molecule has 0 saturated carbocycles. The molecular weight excluding hydrogens is 425 g/mol. The molecule has 8 nitrogen and oxygen atoms in total. The van der Waals surface area contributed by atoms with E-state index in [0.717, 1.165) is 44.8 Å². The fraction of sp³-hybridized carbons (Fsp3) is 0.333. The van der Waals surface area contributed by atoms with Crippen molar-refractivity contribution in [1.29, 1.82) is 0 Å². The lowest BCUT2D eigenvalue weighted by Gasteiger charge is -2.36. The molecule has 0 radical (unpaired) electrons. The van der Waals surface area contributed by atoms with Gasteiger partial charge in [-0.15, -0.1) is 0 Å². The average molecular weight is 452 g/mol. The van der Waals surface area contributed by atoms with Crippen LogP contribution < -0.4 is 20.5 Å². The van der Waals surface area contributed by atoms with E-state index < -0.39 is 0 Å². The van der Waals surface area contributed by atoms with E-state index in [-0.39, 0.29) is 16.7 Å². The van der Waals surface area contributed by atoms with Crippen molar-refractivity contribution in [3.05, 3.63) is 79.4 Å². The second-order valence-corrected chi connectivity index (χ2v) is 8.31. The number of rotatable bonds is 6. The number of ether oxygens (including phenoxy) is 1. The fourth-order valence-electron chi connectivity index (χ4n) is 4.66. The van der Waals surface area contributed by atoms with E-state index in [4.69, 9.17) is 4.74 Å². The van der Waals surface area contributed by atoms with Gasteiger partial charge in [-0.2, -0.15) is 0 Å². The maximum atomic E-state index is 13.5. The highest BCUT2D eigenvalue weighted by atomic mass is 19.1. The number of hydrogen-bond donors (Lipinski definition) is 2.